The number of methoxy groups -OCH3 is 1. The van der Waals surface area contributed by atoms with Crippen molar-refractivity contribution in [2.75, 3.05) is 20.3 Å². The van der Waals surface area contributed by atoms with Crippen LogP contribution in [-0.4, -0.2) is 33.8 Å². The number of aliphatic hydroxyl groups excluding tert-OH is 1. The number of sulfonamides is 1. The highest BCUT2D eigenvalue weighted by atomic mass is 32.2. The minimum absolute atomic E-state index is 0.116. The van der Waals surface area contributed by atoms with Gasteiger partial charge in [-0.3, -0.25) is 0 Å². The van der Waals surface area contributed by atoms with Crippen molar-refractivity contribution >= 4 is 21.4 Å². The third kappa shape index (κ3) is 4.36. The Balaban J connectivity index is 2.62. The largest absolute Gasteiger partial charge is 0.391 e. The first-order valence-corrected chi connectivity index (χ1v) is 7.52. The average molecular weight is 279 g/mol. The summed E-state index contributed by atoms with van der Waals surface area (Å²) in [5.74, 6) is 0.116. The van der Waals surface area contributed by atoms with E-state index in [1.165, 1.54) is 22.8 Å². The van der Waals surface area contributed by atoms with Crippen LogP contribution in [0.1, 0.15) is 11.8 Å². The molecule has 0 saturated heterocycles. The molecule has 0 fully saturated rings. The smallest absolute Gasteiger partial charge is 0.241 e. The molecule has 0 radical (unpaired) electrons. The maximum atomic E-state index is 11.8. The summed E-state index contributed by atoms with van der Waals surface area (Å²) in [7, 11) is -1.89. The first kappa shape index (κ1) is 14.6. The van der Waals surface area contributed by atoms with Gasteiger partial charge in [0, 0.05) is 30.5 Å². The average Bonchev–Trinajstić information content (AvgIpc) is 2.76. The second-order valence-corrected chi connectivity index (χ2v) is 6.58. The topological polar surface area (TPSA) is 75.6 Å². The van der Waals surface area contributed by atoms with Gasteiger partial charge in [-0.15, -0.1) is 11.3 Å². The fraction of sp³-hybridized carbons (Fsp3) is 0.600. The van der Waals surface area contributed by atoms with Crippen molar-refractivity contribution in [1.82, 2.24) is 4.72 Å². The number of aliphatic hydroxyl groups is 1. The Hall–Kier alpha value is -0.470. The molecule has 0 amide bonds. The van der Waals surface area contributed by atoms with Gasteiger partial charge in [0.1, 0.15) is 0 Å². The van der Waals surface area contributed by atoms with Gasteiger partial charge in [-0.1, -0.05) is 6.92 Å². The molecule has 0 aliphatic carbocycles. The molecule has 17 heavy (non-hydrogen) atoms. The normalized spacial score (nSPS) is 13.8. The van der Waals surface area contributed by atoms with E-state index in [2.05, 4.69) is 4.72 Å². The number of ether oxygens (including phenoxy) is 1. The van der Waals surface area contributed by atoms with E-state index in [9.17, 15) is 8.42 Å². The second kappa shape index (κ2) is 6.46. The fourth-order valence-electron chi connectivity index (χ4n) is 1.26. The summed E-state index contributed by atoms with van der Waals surface area (Å²) in [5, 5.41) is 10.4. The van der Waals surface area contributed by atoms with Crippen molar-refractivity contribution in [2.45, 2.75) is 18.4 Å². The van der Waals surface area contributed by atoms with Gasteiger partial charge >= 0.3 is 0 Å². The first-order valence-electron chi connectivity index (χ1n) is 5.16. The molecular weight excluding hydrogens is 262 g/mol. The third-order valence-electron chi connectivity index (χ3n) is 2.17. The molecule has 1 rings (SSSR count). The summed E-state index contributed by atoms with van der Waals surface area (Å²) >= 11 is 1.23. The van der Waals surface area contributed by atoms with Crippen LogP contribution in [0, 0.1) is 5.92 Å². The molecule has 0 spiro atoms. The van der Waals surface area contributed by atoms with Crippen LogP contribution >= 0.6 is 11.3 Å². The molecular formula is C10H17NO4S2. The Kier molecular flexibility index (Phi) is 5.54. The lowest BCUT2D eigenvalue weighted by molar-refractivity contribution is 0.161. The van der Waals surface area contributed by atoms with E-state index in [-0.39, 0.29) is 17.4 Å². The molecule has 1 atom stereocenters. The molecule has 7 heteroatoms. The van der Waals surface area contributed by atoms with E-state index >= 15 is 0 Å². The number of hydrogen-bond donors (Lipinski definition) is 2. The molecule has 0 aromatic carbocycles. The van der Waals surface area contributed by atoms with E-state index in [0.29, 0.717) is 18.0 Å². The zero-order valence-corrected chi connectivity index (χ0v) is 11.5. The van der Waals surface area contributed by atoms with Gasteiger partial charge in [0.15, 0.2) is 0 Å². The van der Waals surface area contributed by atoms with Gasteiger partial charge in [-0.05, 0) is 12.0 Å². The maximum Gasteiger partial charge on any atom is 0.241 e. The summed E-state index contributed by atoms with van der Waals surface area (Å²) in [4.78, 5) is 0.839. The number of rotatable bonds is 7. The molecule has 0 bridgehead atoms. The molecule has 1 heterocycles. The molecule has 2 N–H and O–H groups in total. The summed E-state index contributed by atoms with van der Waals surface area (Å²) in [5.41, 5.74) is 0. The molecule has 1 aromatic rings. The standard InChI is InChI=1S/C10H17NO4S2/c1-8(6-15-2)4-11-17(13,14)10-3-9(5-12)16-7-10/h3,7-8,11-12H,4-6H2,1-2H3. The van der Waals surface area contributed by atoms with Crippen LogP contribution in [0.15, 0.2) is 16.3 Å². The molecule has 0 aliphatic heterocycles. The highest BCUT2D eigenvalue weighted by Crippen LogP contribution is 2.19. The quantitative estimate of drug-likeness (QED) is 0.774. The maximum absolute atomic E-state index is 11.8. The summed E-state index contributed by atoms with van der Waals surface area (Å²) < 4.78 is 31.1. The van der Waals surface area contributed by atoms with Gasteiger partial charge in [0.25, 0.3) is 0 Å². The lowest BCUT2D eigenvalue weighted by atomic mass is 10.2. The summed E-state index contributed by atoms with van der Waals surface area (Å²) in [6, 6.07) is 1.48. The lowest BCUT2D eigenvalue weighted by Crippen LogP contribution is -2.29. The van der Waals surface area contributed by atoms with Crippen molar-refractivity contribution in [3.63, 3.8) is 0 Å². The highest BCUT2D eigenvalue weighted by molar-refractivity contribution is 7.89. The molecule has 5 nitrogen and oxygen atoms in total. The Morgan fingerprint density at radius 1 is 1.59 bits per heavy atom. The van der Waals surface area contributed by atoms with Crippen LogP contribution in [0.4, 0.5) is 0 Å². The van der Waals surface area contributed by atoms with E-state index in [0.717, 1.165) is 0 Å². The molecule has 0 aliphatic rings. The molecule has 0 saturated carbocycles. The van der Waals surface area contributed by atoms with Crippen LogP contribution in [0.25, 0.3) is 0 Å². The van der Waals surface area contributed by atoms with E-state index in [4.69, 9.17) is 9.84 Å². The van der Waals surface area contributed by atoms with Crippen LogP contribution < -0.4 is 4.72 Å². The number of nitrogens with one attached hydrogen (secondary N) is 1. The predicted octanol–water partition coefficient (Wildman–Crippen LogP) is 0.801. The minimum Gasteiger partial charge on any atom is -0.391 e. The van der Waals surface area contributed by atoms with Crippen molar-refractivity contribution in [1.29, 1.82) is 0 Å². The SMILES string of the molecule is COCC(C)CNS(=O)(=O)c1csc(CO)c1. The van der Waals surface area contributed by atoms with Crippen molar-refractivity contribution in [3.05, 3.63) is 16.3 Å². The lowest BCUT2D eigenvalue weighted by Gasteiger charge is -2.11. The Bertz CT molecular complexity index is 441. The first-order chi connectivity index (χ1) is 7.99. The Labute approximate surface area is 105 Å². The highest BCUT2D eigenvalue weighted by Gasteiger charge is 2.16. The van der Waals surface area contributed by atoms with E-state index in [1.807, 2.05) is 6.92 Å². The third-order valence-corrected chi connectivity index (χ3v) is 4.64. The fourth-order valence-corrected chi connectivity index (χ4v) is 3.56. The number of thiophene rings is 1. The van der Waals surface area contributed by atoms with Gasteiger partial charge in [0.2, 0.25) is 10.0 Å². The van der Waals surface area contributed by atoms with Crippen molar-refractivity contribution in [3.8, 4) is 0 Å². The van der Waals surface area contributed by atoms with Gasteiger partial charge in [0.05, 0.1) is 11.5 Å². The molecule has 98 valence electrons. The number of hydrogen-bond acceptors (Lipinski definition) is 5. The zero-order valence-electron chi connectivity index (χ0n) is 9.84. The zero-order chi connectivity index (χ0) is 12.9. The van der Waals surface area contributed by atoms with Crippen LogP contribution in [0.5, 0.6) is 0 Å². The van der Waals surface area contributed by atoms with E-state index < -0.39 is 10.0 Å². The van der Waals surface area contributed by atoms with Gasteiger partial charge < -0.3 is 9.84 Å². The van der Waals surface area contributed by atoms with E-state index in [1.54, 1.807) is 7.11 Å². The van der Waals surface area contributed by atoms with Crippen molar-refractivity contribution < 1.29 is 18.3 Å². The summed E-state index contributed by atoms with van der Waals surface area (Å²) in [6.45, 7) is 2.60. The van der Waals surface area contributed by atoms with Crippen molar-refractivity contribution in [2.24, 2.45) is 5.92 Å². The second-order valence-electron chi connectivity index (χ2n) is 3.82. The molecule has 1 aromatic heterocycles. The van der Waals surface area contributed by atoms with Crippen LogP contribution in [-0.2, 0) is 21.4 Å². The Morgan fingerprint density at radius 3 is 2.82 bits per heavy atom. The minimum atomic E-state index is -3.47. The molecule has 1 unspecified atom stereocenters. The van der Waals surface area contributed by atoms with Gasteiger partial charge in [-0.25, -0.2) is 13.1 Å². The Morgan fingerprint density at radius 2 is 2.29 bits per heavy atom. The monoisotopic (exact) mass is 279 g/mol. The predicted molar refractivity (Wildman–Crippen MR) is 66.5 cm³/mol. The summed E-state index contributed by atoms with van der Waals surface area (Å²) in [6.07, 6.45) is 0. The van der Waals surface area contributed by atoms with Gasteiger partial charge in [-0.2, -0.15) is 0 Å². The van der Waals surface area contributed by atoms with Crippen LogP contribution in [0.3, 0.4) is 0 Å². The van der Waals surface area contributed by atoms with Crippen LogP contribution in [0.2, 0.25) is 0 Å².